The summed E-state index contributed by atoms with van der Waals surface area (Å²) in [6, 6.07) is 7.88. The molecule has 2 aliphatic heterocycles. The van der Waals surface area contributed by atoms with Crippen LogP contribution < -0.4 is 10.2 Å². The van der Waals surface area contributed by atoms with E-state index in [9.17, 15) is 9.59 Å². The summed E-state index contributed by atoms with van der Waals surface area (Å²) in [7, 11) is 0. The Kier molecular flexibility index (Phi) is 5.66. The van der Waals surface area contributed by atoms with Crippen LogP contribution in [0.3, 0.4) is 0 Å². The third-order valence-electron chi connectivity index (χ3n) is 5.49. The van der Waals surface area contributed by atoms with E-state index in [1.165, 1.54) is 6.42 Å². The van der Waals surface area contributed by atoms with Crippen molar-refractivity contribution in [1.29, 1.82) is 0 Å². The van der Waals surface area contributed by atoms with Crippen molar-refractivity contribution in [2.24, 2.45) is 5.92 Å². The van der Waals surface area contributed by atoms with Gasteiger partial charge in [-0.05, 0) is 43.4 Å². The number of nitrogens with zero attached hydrogens (tertiary/aromatic N) is 4. The number of aryl methyl sites for hydroxylation is 1. The fraction of sp³-hybridized carbons (Fsp3) is 0.500. The lowest BCUT2D eigenvalue weighted by atomic mass is 10.1. The van der Waals surface area contributed by atoms with E-state index in [-0.39, 0.29) is 24.2 Å². The number of hydrogen-bond acceptors (Lipinski definition) is 5. The topological polar surface area (TPSA) is 80.1 Å². The minimum atomic E-state index is -0.334. The minimum absolute atomic E-state index is 0.00611. The summed E-state index contributed by atoms with van der Waals surface area (Å²) in [5.41, 5.74) is 0.848. The quantitative estimate of drug-likeness (QED) is 0.781. The van der Waals surface area contributed by atoms with Gasteiger partial charge in [0.05, 0.1) is 12.5 Å². The summed E-state index contributed by atoms with van der Waals surface area (Å²) in [5, 5.41) is 11.5. The average molecular weight is 400 g/mol. The van der Waals surface area contributed by atoms with Gasteiger partial charge in [-0.2, -0.15) is 0 Å². The minimum Gasteiger partial charge on any atom is -0.348 e. The van der Waals surface area contributed by atoms with Gasteiger partial charge in [0, 0.05) is 36.5 Å². The molecule has 2 amide bonds. The number of nitrogens with one attached hydrogen (secondary N) is 1. The number of rotatable bonds is 5. The van der Waals surface area contributed by atoms with E-state index < -0.39 is 0 Å². The summed E-state index contributed by atoms with van der Waals surface area (Å²) in [6.07, 6.45) is 6.67. The van der Waals surface area contributed by atoms with Gasteiger partial charge in [-0.3, -0.25) is 9.59 Å². The summed E-state index contributed by atoms with van der Waals surface area (Å²) in [4.78, 5) is 27.9. The zero-order valence-electron chi connectivity index (χ0n) is 16.1. The Morgan fingerprint density at radius 3 is 2.82 bits per heavy atom. The Labute approximate surface area is 168 Å². The number of hydrogen-bond donors (Lipinski definition) is 1. The van der Waals surface area contributed by atoms with Gasteiger partial charge in [0.1, 0.15) is 5.82 Å². The molecule has 2 aliphatic rings. The highest BCUT2D eigenvalue weighted by molar-refractivity contribution is 7.98. The van der Waals surface area contributed by atoms with E-state index >= 15 is 0 Å². The maximum atomic E-state index is 12.6. The van der Waals surface area contributed by atoms with E-state index in [1.54, 1.807) is 16.7 Å². The smallest absolute Gasteiger partial charge is 0.227 e. The maximum absolute atomic E-state index is 12.6. The van der Waals surface area contributed by atoms with Gasteiger partial charge < -0.3 is 14.8 Å². The molecule has 8 heteroatoms. The molecule has 1 saturated heterocycles. The molecule has 0 radical (unpaired) electrons. The molecule has 0 spiro atoms. The number of carbonyl (C=O) groups excluding carboxylic acids is 2. The molecule has 0 bridgehead atoms. The number of anilines is 1. The molecule has 1 atom stereocenters. The Hall–Kier alpha value is -2.35. The van der Waals surface area contributed by atoms with Crippen LogP contribution in [0.4, 0.5) is 5.69 Å². The molecule has 28 heavy (non-hydrogen) atoms. The van der Waals surface area contributed by atoms with Gasteiger partial charge in [0.2, 0.25) is 11.8 Å². The molecule has 1 fully saturated rings. The highest BCUT2D eigenvalue weighted by atomic mass is 32.2. The molecule has 1 aromatic heterocycles. The predicted octanol–water partition coefficient (Wildman–Crippen LogP) is 2.40. The Balaban J connectivity index is 1.36. The highest BCUT2D eigenvalue weighted by Crippen LogP contribution is 2.27. The fourth-order valence-corrected chi connectivity index (χ4v) is 4.29. The lowest BCUT2D eigenvalue weighted by Crippen LogP contribution is -2.33. The van der Waals surface area contributed by atoms with Gasteiger partial charge in [-0.1, -0.05) is 6.42 Å². The monoisotopic (exact) mass is 399 g/mol. The third kappa shape index (κ3) is 3.92. The van der Waals surface area contributed by atoms with Crippen LogP contribution >= 0.6 is 11.8 Å². The lowest BCUT2D eigenvalue weighted by molar-refractivity contribution is -0.126. The molecule has 1 N–H and O–H groups in total. The standard InChI is InChI=1S/C20H25N5O2S/c1-28-16-8-6-15(7-9-16)25-13-14(11-19(25)26)20(27)21-12-18-23-22-17-5-3-2-4-10-24(17)18/h6-9,14H,2-5,10-13H2,1H3,(H,21,27). The normalized spacial score (nSPS) is 19.4. The SMILES string of the molecule is CSc1ccc(N2CC(C(=O)NCc3nnc4n3CCCCC4)CC2=O)cc1. The summed E-state index contributed by atoms with van der Waals surface area (Å²) < 4.78 is 2.13. The van der Waals surface area contributed by atoms with Crippen molar-refractivity contribution >= 4 is 29.3 Å². The van der Waals surface area contributed by atoms with Gasteiger partial charge in [0.25, 0.3) is 0 Å². The fourth-order valence-electron chi connectivity index (χ4n) is 3.88. The van der Waals surface area contributed by atoms with Crippen molar-refractivity contribution in [3.63, 3.8) is 0 Å². The molecular weight excluding hydrogens is 374 g/mol. The summed E-state index contributed by atoms with van der Waals surface area (Å²) >= 11 is 1.66. The summed E-state index contributed by atoms with van der Waals surface area (Å²) in [6.45, 7) is 1.69. The molecule has 3 heterocycles. The Morgan fingerprint density at radius 1 is 1.21 bits per heavy atom. The van der Waals surface area contributed by atoms with E-state index in [0.717, 1.165) is 48.0 Å². The van der Waals surface area contributed by atoms with Crippen LogP contribution in [0.5, 0.6) is 0 Å². The van der Waals surface area contributed by atoms with Crippen LogP contribution in [0.25, 0.3) is 0 Å². The lowest BCUT2D eigenvalue weighted by Gasteiger charge is -2.17. The first-order chi connectivity index (χ1) is 13.7. The van der Waals surface area contributed by atoms with Crippen LogP contribution in [0.2, 0.25) is 0 Å². The van der Waals surface area contributed by atoms with Crippen LogP contribution in [0.15, 0.2) is 29.2 Å². The molecule has 1 aromatic carbocycles. The van der Waals surface area contributed by atoms with Gasteiger partial charge >= 0.3 is 0 Å². The molecule has 4 rings (SSSR count). The zero-order chi connectivity index (χ0) is 19.5. The number of thioether (sulfide) groups is 1. The van der Waals surface area contributed by atoms with E-state index in [2.05, 4.69) is 20.1 Å². The van der Waals surface area contributed by atoms with E-state index in [1.807, 2.05) is 30.5 Å². The molecule has 0 saturated carbocycles. The van der Waals surface area contributed by atoms with Crippen molar-refractivity contribution in [2.75, 3.05) is 17.7 Å². The van der Waals surface area contributed by atoms with E-state index in [0.29, 0.717) is 13.1 Å². The van der Waals surface area contributed by atoms with Gasteiger partial charge in [0.15, 0.2) is 5.82 Å². The van der Waals surface area contributed by atoms with Gasteiger partial charge in [-0.15, -0.1) is 22.0 Å². The number of fused-ring (bicyclic) bond motifs is 1. The van der Waals surface area contributed by atoms with E-state index in [4.69, 9.17) is 0 Å². The molecule has 1 unspecified atom stereocenters. The second-order valence-corrected chi connectivity index (χ2v) is 8.20. The largest absolute Gasteiger partial charge is 0.348 e. The zero-order valence-corrected chi connectivity index (χ0v) is 16.9. The Bertz CT molecular complexity index is 864. The number of carbonyl (C=O) groups is 2. The number of aromatic nitrogens is 3. The van der Waals surface area contributed by atoms with Crippen molar-refractivity contribution in [2.45, 2.75) is 50.1 Å². The first kappa shape index (κ1) is 19.0. The predicted molar refractivity (Wildman–Crippen MR) is 108 cm³/mol. The first-order valence-corrected chi connectivity index (χ1v) is 11.0. The van der Waals surface area contributed by atoms with Crippen molar-refractivity contribution in [3.8, 4) is 0 Å². The third-order valence-corrected chi connectivity index (χ3v) is 6.23. The molecule has 0 aliphatic carbocycles. The second kappa shape index (κ2) is 8.34. The van der Waals surface area contributed by atoms with Crippen molar-refractivity contribution < 1.29 is 9.59 Å². The first-order valence-electron chi connectivity index (χ1n) is 9.79. The summed E-state index contributed by atoms with van der Waals surface area (Å²) in [5.74, 6) is 1.38. The number of benzene rings is 1. The molecular formula is C20H25N5O2S. The molecule has 7 nitrogen and oxygen atoms in total. The highest BCUT2D eigenvalue weighted by Gasteiger charge is 2.35. The second-order valence-electron chi connectivity index (χ2n) is 7.32. The van der Waals surface area contributed by atoms with Gasteiger partial charge in [-0.25, -0.2) is 0 Å². The van der Waals surface area contributed by atoms with Crippen molar-refractivity contribution in [1.82, 2.24) is 20.1 Å². The average Bonchev–Trinajstić information content (AvgIpc) is 3.21. The van der Waals surface area contributed by atoms with Crippen LogP contribution in [-0.4, -0.2) is 39.4 Å². The molecule has 2 aromatic rings. The van der Waals surface area contributed by atoms with Crippen molar-refractivity contribution in [3.05, 3.63) is 35.9 Å². The van der Waals surface area contributed by atoms with Crippen LogP contribution in [0.1, 0.15) is 37.3 Å². The Morgan fingerprint density at radius 2 is 2.04 bits per heavy atom. The maximum Gasteiger partial charge on any atom is 0.227 e. The number of amides is 2. The van der Waals surface area contributed by atoms with Crippen LogP contribution in [0, 0.1) is 5.92 Å². The van der Waals surface area contributed by atoms with Crippen LogP contribution in [-0.2, 0) is 29.1 Å². The molecule has 148 valence electrons.